The lowest BCUT2D eigenvalue weighted by atomic mass is 10.0. The van der Waals surface area contributed by atoms with Gasteiger partial charge in [0.15, 0.2) is 5.76 Å². The molecule has 122 valence electrons. The summed E-state index contributed by atoms with van der Waals surface area (Å²) in [7, 11) is 0. The molecule has 1 aromatic heterocycles. The van der Waals surface area contributed by atoms with Crippen LogP contribution in [0.3, 0.4) is 0 Å². The molecule has 6 heteroatoms. The molecular formula is C17H18FNO4. The number of carboxylic acids is 1. The molecule has 0 aliphatic carbocycles. The number of carbonyl (C=O) groups is 2. The molecule has 2 rings (SSSR count). The zero-order valence-electron chi connectivity index (χ0n) is 12.9. The van der Waals surface area contributed by atoms with Crippen molar-refractivity contribution < 1.29 is 23.5 Å². The van der Waals surface area contributed by atoms with Crippen molar-refractivity contribution in [3.05, 3.63) is 58.8 Å². The molecule has 23 heavy (non-hydrogen) atoms. The number of benzene rings is 1. The van der Waals surface area contributed by atoms with Gasteiger partial charge in [0.05, 0.1) is 12.5 Å². The molecule has 0 aliphatic heterocycles. The molecule has 2 aromatic rings. The highest BCUT2D eigenvalue weighted by Crippen LogP contribution is 2.20. The molecule has 5 nitrogen and oxygen atoms in total. The van der Waals surface area contributed by atoms with E-state index < -0.39 is 23.7 Å². The molecule has 1 unspecified atom stereocenters. The summed E-state index contributed by atoms with van der Waals surface area (Å²) in [4.78, 5) is 23.3. The van der Waals surface area contributed by atoms with E-state index in [4.69, 9.17) is 9.52 Å². The van der Waals surface area contributed by atoms with Gasteiger partial charge in [-0.2, -0.15) is 0 Å². The number of amides is 1. The maximum absolute atomic E-state index is 13.0. The summed E-state index contributed by atoms with van der Waals surface area (Å²) in [6.45, 7) is 3.76. The van der Waals surface area contributed by atoms with Crippen LogP contribution in [0.5, 0.6) is 0 Å². The number of furan rings is 1. The fourth-order valence-electron chi connectivity index (χ4n) is 2.33. The van der Waals surface area contributed by atoms with Crippen molar-refractivity contribution in [3.63, 3.8) is 0 Å². The van der Waals surface area contributed by atoms with Crippen molar-refractivity contribution in [2.75, 3.05) is 0 Å². The van der Waals surface area contributed by atoms with E-state index in [1.165, 1.54) is 24.3 Å². The Balaban J connectivity index is 2.20. The van der Waals surface area contributed by atoms with Crippen LogP contribution in [0.15, 0.2) is 34.7 Å². The zero-order valence-corrected chi connectivity index (χ0v) is 12.9. The first-order chi connectivity index (χ1) is 10.9. The number of halogens is 1. The second-order valence-corrected chi connectivity index (χ2v) is 5.25. The van der Waals surface area contributed by atoms with E-state index in [0.717, 1.165) is 5.56 Å². The quantitative estimate of drug-likeness (QED) is 0.856. The first-order valence-electron chi connectivity index (χ1n) is 7.28. The molecule has 1 heterocycles. The lowest BCUT2D eigenvalue weighted by Crippen LogP contribution is -2.30. The Morgan fingerprint density at radius 1 is 1.30 bits per heavy atom. The molecule has 0 saturated carbocycles. The lowest BCUT2D eigenvalue weighted by Gasteiger charge is -2.16. The van der Waals surface area contributed by atoms with Gasteiger partial charge in [-0.05, 0) is 36.2 Å². The van der Waals surface area contributed by atoms with E-state index in [1.807, 2.05) is 13.8 Å². The van der Waals surface area contributed by atoms with Crippen LogP contribution in [0.2, 0.25) is 0 Å². The number of carboxylic acid groups (broad SMARTS) is 1. The summed E-state index contributed by atoms with van der Waals surface area (Å²) >= 11 is 0. The normalized spacial score (nSPS) is 12.0. The third-order valence-corrected chi connectivity index (χ3v) is 3.52. The first-order valence-corrected chi connectivity index (χ1v) is 7.28. The van der Waals surface area contributed by atoms with Crippen LogP contribution in [-0.4, -0.2) is 17.0 Å². The molecule has 2 N–H and O–H groups in total. The Bertz CT molecular complexity index is 706. The fourth-order valence-corrected chi connectivity index (χ4v) is 2.33. The van der Waals surface area contributed by atoms with Gasteiger partial charge in [-0.25, -0.2) is 4.39 Å². The standard InChI is InChI=1S/C17H18FNO4/c1-3-14-10(2)8-15(23-14)17(22)19-13(9-16(20)21)11-4-6-12(18)7-5-11/h4-8,13H,3,9H2,1-2H3,(H,19,22)(H,20,21). The van der Waals surface area contributed by atoms with Gasteiger partial charge in [-0.3, -0.25) is 9.59 Å². The predicted octanol–water partition coefficient (Wildman–Crippen LogP) is 3.24. The molecular weight excluding hydrogens is 301 g/mol. The van der Waals surface area contributed by atoms with Crippen LogP contribution in [0, 0.1) is 12.7 Å². The molecule has 1 aromatic carbocycles. The van der Waals surface area contributed by atoms with Crippen molar-refractivity contribution in [1.29, 1.82) is 0 Å². The van der Waals surface area contributed by atoms with Crippen LogP contribution < -0.4 is 5.32 Å². The van der Waals surface area contributed by atoms with Crippen molar-refractivity contribution >= 4 is 11.9 Å². The number of hydrogen-bond donors (Lipinski definition) is 2. The van der Waals surface area contributed by atoms with Crippen LogP contribution in [-0.2, 0) is 11.2 Å². The zero-order chi connectivity index (χ0) is 17.0. The average Bonchev–Trinajstić information content (AvgIpc) is 2.88. The van der Waals surface area contributed by atoms with Gasteiger partial charge >= 0.3 is 5.97 Å². The third-order valence-electron chi connectivity index (χ3n) is 3.52. The number of carbonyl (C=O) groups excluding carboxylic acids is 1. The number of hydrogen-bond acceptors (Lipinski definition) is 3. The van der Waals surface area contributed by atoms with Crippen LogP contribution >= 0.6 is 0 Å². The topological polar surface area (TPSA) is 79.5 Å². The highest BCUT2D eigenvalue weighted by molar-refractivity contribution is 5.92. The van der Waals surface area contributed by atoms with Gasteiger partial charge in [-0.1, -0.05) is 19.1 Å². The highest BCUT2D eigenvalue weighted by Gasteiger charge is 2.21. The number of aliphatic carboxylic acids is 1. The molecule has 0 aliphatic rings. The van der Waals surface area contributed by atoms with Crippen LogP contribution in [0.4, 0.5) is 4.39 Å². The molecule has 1 amide bonds. The molecule has 0 radical (unpaired) electrons. The minimum atomic E-state index is -1.07. The lowest BCUT2D eigenvalue weighted by molar-refractivity contribution is -0.137. The fraction of sp³-hybridized carbons (Fsp3) is 0.294. The summed E-state index contributed by atoms with van der Waals surface area (Å²) in [5, 5.41) is 11.6. The van der Waals surface area contributed by atoms with E-state index in [0.29, 0.717) is 17.7 Å². The van der Waals surface area contributed by atoms with Gasteiger partial charge < -0.3 is 14.8 Å². The van der Waals surface area contributed by atoms with E-state index in [1.54, 1.807) is 6.07 Å². The molecule has 0 bridgehead atoms. The van der Waals surface area contributed by atoms with Gasteiger partial charge in [-0.15, -0.1) is 0 Å². The number of aryl methyl sites for hydroxylation is 2. The Labute approximate surface area is 133 Å². The van der Waals surface area contributed by atoms with E-state index in [2.05, 4.69) is 5.32 Å². The van der Waals surface area contributed by atoms with E-state index in [9.17, 15) is 14.0 Å². The predicted molar refractivity (Wildman–Crippen MR) is 81.7 cm³/mol. The summed E-state index contributed by atoms with van der Waals surface area (Å²) in [5.41, 5.74) is 1.38. The molecule has 0 spiro atoms. The Kier molecular flexibility index (Phi) is 5.16. The monoisotopic (exact) mass is 319 g/mol. The smallest absolute Gasteiger partial charge is 0.305 e. The molecule has 0 fully saturated rings. The first kappa shape index (κ1) is 16.7. The average molecular weight is 319 g/mol. The number of nitrogens with one attached hydrogen (secondary N) is 1. The van der Waals surface area contributed by atoms with Gasteiger partial charge in [0.25, 0.3) is 5.91 Å². The summed E-state index contributed by atoms with van der Waals surface area (Å²) < 4.78 is 18.5. The van der Waals surface area contributed by atoms with Crippen molar-refractivity contribution in [2.45, 2.75) is 32.7 Å². The Hall–Kier alpha value is -2.63. The largest absolute Gasteiger partial charge is 0.481 e. The third kappa shape index (κ3) is 4.18. The summed E-state index contributed by atoms with van der Waals surface area (Å²) in [5.74, 6) is -1.14. The molecule has 0 saturated heterocycles. The number of rotatable bonds is 6. The maximum atomic E-state index is 13.0. The SMILES string of the molecule is CCc1oc(C(=O)NC(CC(=O)O)c2ccc(F)cc2)cc1C. The second kappa shape index (κ2) is 7.09. The minimum absolute atomic E-state index is 0.136. The highest BCUT2D eigenvalue weighted by atomic mass is 19.1. The van der Waals surface area contributed by atoms with Gasteiger partial charge in [0, 0.05) is 6.42 Å². The summed E-state index contributed by atoms with van der Waals surface area (Å²) in [6, 6.07) is 6.21. The second-order valence-electron chi connectivity index (χ2n) is 5.25. The summed E-state index contributed by atoms with van der Waals surface area (Å²) in [6.07, 6.45) is 0.354. The van der Waals surface area contributed by atoms with Crippen LogP contribution in [0.1, 0.15) is 46.8 Å². The van der Waals surface area contributed by atoms with Crippen molar-refractivity contribution in [1.82, 2.24) is 5.32 Å². The minimum Gasteiger partial charge on any atom is -0.481 e. The van der Waals surface area contributed by atoms with Gasteiger partial charge in [0.1, 0.15) is 11.6 Å². The van der Waals surface area contributed by atoms with E-state index >= 15 is 0 Å². The van der Waals surface area contributed by atoms with Crippen molar-refractivity contribution in [2.24, 2.45) is 0 Å². The van der Waals surface area contributed by atoms with Gasteiger partial charge in [0.2, 0.25) is 0 Å². The Morgan fingerprint density at radius 2 is 1.96 bits per heavy atom. The Morgan fingerprint density at radius 3 is 2.48 bits per heavy atom. The maximum Gasteiger partial charge on any atom is 0.305 e. The van der Waals surface area contributed by atoms with E-state index in [-0.39, 0.29) is 12.2 Å². The van der Waals surface area contributed by atoms with Crippen molar-refractivity contribution in [3.8, 4) is 0 Å². The molecule has 1 atom stereocenters. The van der Waals surface area contributed by atoms with Crippen LogP contribution in [0.25, 0.3) is 0 Å².